The van der Waals surface area contributed by atoms with Crippen LogP contribution in [0.2, 0.25) is 0 Å². The molecule has 0 fully saturated rings. The molecule has 0 aliphatic carbocycles. The summed E-state index contributed by atoms with van der Waals surface area (Å²) in [5.74, 6) is 0.390. The molecule has 0 aliphatic heterocycles. The predicted molar refractivity (Wildman–Crippen MR) is 111 cm³/mol. The van der Waals surface area contributed by atoms with Gasteiger partial charge in [-0.05, 0) is 42.8 Å². The number of aromatic nitrogens is 2. The van der Waals surface area contributed by atoms with Gasteiger partial charge in [0.25, 0.3) is 5.91 Å². The molecule has 7 heteroatoms. The van der Waals surface area contributed by atoms with Gasteiger partial charge in [0.05, 0.1) is 11.8 Å². The van der Waals surface area contributed by atoms with E-state index < -0.39 is 0 Å². The number of fused-ring (bicyclic) bond motifs is 1. The average molecular weight is 391 g/mol. The van der Waals surface area contributed by atoms with Crippen LogP contribution in [0.5, 0.6) is 5.75 Å². The van der Waals surface area contributed by atoms with E-state index in [2.05, 4.69) is 15.3 Å². The number of methoxy groups -OCH3 is 1. The molecule has 0 unspecified atom stereocenters. The number of anilines is 1. The highest BCUT2D eigenvalue weighted by Crippen LogP contribution is 2.31. The first-order valence-electron chi connectivity index (χ1n) is 8.60. The number of ether oxygens (including phenoxy) is 1. The zero-order valence-corrected chi connectivity index (χ0v) is 16.1. The van der Waals surface area contributed by atoms with E-state index in [1.165, 1.54) is 0 Å². The van der Waals surface area contributed by atoms with Crippen molar-refractivity contribution in [2.24, 2.45) is 0 Å². The van der Waals surface area contributed by atoms with Crippen molar-refractivity contribution in [2.45, 2.75) is 6.92 Å². The Morgan fingerprint density at radius 2 is 1.82 bits per heavy atom. The summed E-state index contributed by atoms with van der Waals surface area (Å²) in [5, 5.41) is 2.84. The molecule has 0 radical (unpaired) electrons. The number of H-pyrrole nitrogens is 1. The summed E-state index contributed by atoms with van der Waals surface area (Å²) in [7, 11) is 1.60. The summed E-state index contributed by atoms with van der Waals surface area (Å²) >= 11 is 1.07. The highest BCUT2D eigenvalue weighted by atomic mass is 32.1. The Bertz CT molecular complexity index is 1210. The third-order valence-corrected chi connectivity index (χ3v) is 5.24. The van der Waals surface area contributed by atoms with Gasteiger partial charge in [-0.15, -0.1) is 0 Å². The lowest BCUT2D eigenvalue weighted by Crippen LogP contribution is -2.14. The number of rotatable bonds is 4. The number of nitrogens with zero attached hydrogens (tertiary/aromatic N) is 1. The van der Waals surface area contributed by atoms with Crippen LogP contribution in [0.25, 0.3) is 21.5 Å². The van der Waals surface area contributed by atoms with E-state index in [1.54, 1.807) is 13.2 Å². The maximum Gasteiger partial charge on any atom is 0.306 e. The topological polar surface area (TPSA) is 84.1 Å². The van der Waals surface area contributed by atoms with Crippen molar-refractivity contribution in [3.8, 4) is 16.9 Å². The normalized spacial score (nSPS) is 10.8. The van der Waals surface area contributed by atoms with Crippen LogP contribution in [0.1, 0.15) is 16.1 Å². The van der Waals surface area contributed by atoms with Gasteiger partial charge in [0, 0.05) is 11.3 Å². The maximum absolute atomic E-state index is 12.8. The lowest BCUT2D eigenvalue weighted by atomic mass is 10.1. The van der Waals surface area contributed by atoms with Gasteiger partial charge in [-0.3, -0.25) is 14.6 Å². The number of aromatic amines is 1. The summed E-state index contributed by atoms with van der Waals surface area (Å²) in [4.78, 5) is 31.5. The van der Waals surface area contributed by atoms with Gasteiger partial charge in [-0.2, -0.15) is 0 Å². The van der Waals surface area contributed by atoms with Crippen LogP contribution in [0, 0.1) is 6.92 Å². The van der Waals surface area contributed by atoms with Crippen molar-refractivity contribution >= 4 is 33.3 Å². The van der Waals surface area contributed by atoms with E-state index in [1.807, 2.05) is 55.5 Å². The molecule has 2 aromatic heterocycles. The van der Waals surface area contributed by atoms with Crippen LogP contribution in [0.4, 0.5) is 5.69 Å². The third-order valence-electron chi connectivity index (χ3n) is 4.33. The van der Waals surface area contributed by atoms with Crippen molar-refractivity contribution < 1.29 is 9.53 Å². The minimum absolute atomic E-state index is 0.214. The van der Waals surface area contributed by atoms with E-state index in [-0.39, 0.29) is 16.5 Å². The van der Waals surface area contributed by atoms with Crippen LogP contribution >= 0.6 is 11.3 Å². The fourth-order valence-electron chi connectivity index (χ4n) is 2.87. The van der Waals surface area contributed by atoms with E-state index >= 15 is 0 Å². The Kier molecular flexibility index (Phi) is 4.67. The average Bonchev–Trinajstić information content (AvgIpc) is 3.09. The molecule has 28 heavy (non-hydrogen) atoms. The molecule has 2 aromatic carbocycles. The minimum Gasteiger partial charge on any atom is -0.497 e. The molecule has 0 bridgehead atoms. The van der Waals surface area contributed by atoms with Gasteiger partial charge in [-0.1, -0.05) is 41.2 Å². The van der Waals surface area contributed by atoms with Gasteiger partial charge in [0.1, 0.15) is 11.4 Å². The Morgan fingerprint density at radius 3 is 2.50 bits per heavy atom. The van der Waals surface area contributed by atoms with Crippen molar-refractivity contribution in [1.29, 1.82) is 0 Å². The van der Waals surface area contributed by atoms with Crippen LogP contribution in [0.3, 0.4) is 0 Å². The first-order valence-corrected chi connectivity index (χ1v) is 9.41. The minimum atomic E-state index is -0.340. The molecule has 0 saturated carbocycles. The zero-order chi connectivity index (χ0) is 19.7. The van der Waals surface area contributed by atoms with Gasteiger partial charge in [0.15, 0.2) is 5.65 Å². The summed E-state index contributed by atoms with van der Waals surface area (Å²) in [6.07, 6.45) is 0. The molecule has 140 valence electrons. The van der Waals surface area contributed by atoms with Crippen molar-refractivity contribution in [1.82, 2.24) is 9.97 Å². The van der Waals surface area contributed by atoms with E-state index in [9.17, 15) is 9.59 Å². The molecule has 2 N–H and O–H groups in total. The summed E-state index contributed by atoms with van der Waals surface area (Å²) in [5.41, 5.74) is 4.06. The number of aryl methyl sites for hydroxylation is 1. The fourth-order valence-corrected chi connectivity index (χ4v) is 3.68. The molecule has 4 rings (SSSR count). The largest absolute Gasteiger partial charge is 0.497 e. The molecule has 0 spiro atoms. The molecule has 1 amide bonds. The molecule has 4 aromatic rings. The van der Waals surface area contributed by atoms with Gasteiger partial charge in [-0.25, -0.2) is 4.98 Å². The second-order valence-electron chi connectivity index (χ2n) is 6.30. The number of hydrogen-bond donors (Lipinski definition) is 2. The predicted octanol–water partition coefficient (Wildman–Crippen LogP) is 4.22. The number of carbonyl (C=O) groups is 1. The molecule has 0 aliphatic rings. The zero-order valence-electron chi connectivity index (χ0n) is 15.3. The molecular weight excluding hydrogens is 374 g/mol. The first-order chi connectivity index (χ1) is 13.5. The van der Waals surface area contributed by atoms with Crippen LogP contribution < -0.4 is 14.9 Å². The Balaban J connectivity index is 1.77. The number of hydrogen-bond acceptors (Lipinski definition) is 5. The van der Waals surface area contributed by atoms with Gasteiger partial charge in [0.2, 0.25) is 0 Å². The Labute approximate surface area is 164 Å². The lowest BCUT2D eigenvalue weighted by Gasteiger charge is -2.09. The van der Waals surface area contributed by atoms with E-state index in [4.69, 9.17) is 4.74 Å². The number of nitrogens with one attached hydrogen (secondary N) is 2. The van der Waals surface area contributed by atoms with E-state index in [0.29, 0.717) is 16.0 Å². The second-order valence-corrected chi connectivity index (χ2v) is 7.28. The quantitative estimate of drug-likeness (QED) is 0.545. The fraction of sp³-hybridized carbons (Fsp3) is 0.0952. The van der Waals surface area contributed by atoms with E-state index in [0.717, 1.165) is 33.8 Å². The van der Waals surface area contributed by atoms with Gasteiger partial charge < -0.3 is 10.1 Å². The van der Waals surface area contributed by atoms with Crippen molar-refractivity contribution in [3.05, 3.63) is 75.5 Å². The second kappa shape index (κ2) is 7.28. The summed E-state index contributed by atoms with van der Waals surface area (Å²) < 4.78 is 5.91. The number of carbonyl (C=O) groups excluding carboxylic acids is 1. The molecule has 2 heterocycles. The molecule has 0 saturated heterocycles. The van der Waals surface area contributed by atoms with Crippen molar-refractivity contribution in [3.63, 3.8) is 0 Å². The maximum atomic E-state index is 12.8. The number of amides is 1. The first kappa shape index (κ1) is 17.9. The Morgan fingerprint density at radius 1 is 1.11 bits per heavy atom. The van der Waals surface area contributed by atoms with Crippen LogP contribution in [-0.4, -0.2) is 23.0 Å². The van der Waals surface area contributed by atoms with Gasteiger partial charge >= 0.3 is 4.87 Å². The molecular formula is C21H17N3O3S. The number of benzene rings is 2. The monoisotopic (exact) mass is 391 g/mol. The summed E-state index contributed by atoms with van der Waals surface area (Å²) in [6, 6.07) is 16.7. The smallest absolute Gasteiger partial charge is 0.306 e. The SMILES string of the molecule is COc1ccc(-c2cc(C(=O)Nc3ccc(C)cc3)nc3[nH]c(=O)sc23)cc1. The molecule has 0 atom stereocenters. The summed E-state index contributed by atoms with van der Waals surface area (Å²) in [6.45, 7) is 1.98. The third kappa shape index (κ3) is 3.52. The highest BCUT2D eigenvalue weighted by Gasteiger charge is 2.16. The van der Waals surface area contributed by atoms with Crippen LogP contribution in [0.15, 0.2) is 59.4 Å². The standard InChI is InChI=1S/C21H17N3O3S/c1-12-3-7-14(8-4-12)22-20(25)17-11-16(13-5-9-15(27-2)10-6-13)18-19(23-17)24-21(26)28-18/h3-11H,1-2H3,(H,22,25)(H,23,24,26). The highest BCUT2D eigenvalue weighted by molar-refractivity contribution is 7.16. The molecule has 6 nitrogen and oxygen atoms in total. The number of pyridine rings is 1. The van der Waals surface area contributed by atoms with Crippen LogP contribution in [-0.2, 0) is 0 Å². The lowest BCUT2D eigenvalue weighted by molar-refractivity contribution is 0.102. The van der Waals surface area contributed by atoms with Crippen molar-refractivity contribution in [2.75, 3.05) is 12.4 Å². The number of thiazole rings is 1. The Hall–Kier alpha value is -3.45.